The van der Waals surface area contributed by atoms with Crippen molar-refractivity contribution >= 4 is 42.3 Å². The van der Waals surface area contributed by atoms with Gasteiger partial charge in [0.15, 0.2) is 0 Å². The third kappa shape index (κ3) is 4.28. The zero-order chi connectivity index (χ0) is 22.0. The van der Waals surface area contributed by atoms with E-state index in [9.17, 15) is 9.00 Å². The van der Waals surface area contributed by atoms with E-state index in [2.05, 4.69) is 27.9 Å². The molecule has 0 aliphatic rings. The molecule has 1 amide bonds. The number of carbonyl (C=O) groups is 1. The number of nitrogens with zero attached hydrogens (tertiary/aromatic N) is 1. The number of amides is 1. The summed E-state index contributed by atoms with van der Waals surface area (Å²) in [5.74, 6) is 0.160. The molecule has 1 atom stereocenters. The van der Waals surface area contributed by atoms with Gasteiger partial charge in [-0.2, -0.15) is 0 Å². The Morgan fingerprint density at radius 3 is 2.71 bits per heavy atom. The van der Waals surface area contributed by atoms with Crippen LogP contribution in [0.3, 0.4) is 0 Å². The second kappa shape index (κ2) is 8.45. The number of nitrogens with one attached hydrogen (secondary N) is 2. The van der Waals surface area contributed by atoms with Crippen LogP contribution in [-0.4, -0.2) is 25.8 Å². The molecule has 2 aromatic carbocycles. The van der Waals surface area contributed by atoms with Gasteiger partial charge in [-0.05, 0) is 58.7 Å². The molecule has 0 fully saturated rings. The predicted molar refractivity (Wildman–Crippen MR) is 130 cm³/mol. The smallest absolute Gasteiger partial charge is 0.247 e. The summed E-state index contributed by atoms with van der Waals surface area (Å²) in [6.45, 7) is 5.32. The van der Waals surface area contributed by atoms with Crippen molar-refractivity contribution in [1.82, 2.24) is 9.97 Å². The first-order valence-corrected chi connectivity index (χ1v) is 12.4. The van der Waals surface area contributed by atoms with Crippen molar-refractivity contribution in [2.45, 2.75) is 11.8 Å². The molecule has 2 aromatic heterocycles. The Hall–Kier alpha value is -3.29. The number of hydrogen-bond acceptors (Lipinski definition) is 4. The van der Waals surface area contributed by atoms with E-state index < -0.39 is 8.49 Å². The van der Waals surface area contributed by atoms with Crippen LogP contribution in [0.15, 0.2) is 84.5 Å². The van der Waals surface area contributed by atoms with E-state index in [1.54, 1.807) is 6.20 Å². The number of fused-ring (bicyclic) bond motifs is 1. The molecule has 0 aliphatic carbocycles. The number of hydrogen-bond donors (Lipinski definition) is 2. The van der Waals surface area contributed by atoms with Crippen molar-refractivity contribution in [1.29, 1.82) is 0 Å². The number of benzene rings is 2. The molecule has 0 aliphatic heterocycles. The van der Waals surface area contributed by atoms with Crippen LogP contribution in [0.25, 0.3) is 33.3 Å². The van der Waals surface area contributed by atoms with Gasteiger partial charge in [0.05, 0.1) is 8.49 Å². The van der Waals surface area contributed by atoms with E-state index in [4.69, 9.17) is 11.2 Å². The number of H-pyrrole nitrogens is 1. The van der Waals surface area contributed by atoms with E-state index in [1.165, 1.54) is 6.08 Å². The topological polar surface area (TPSA) is 74.8 Å². The van der Waals surface area contributed by atoms with Crippen LogP contribution >= 0.6 is 0 Å². The van der Waals surface area contributed by atoms with Crippen molar-refractivity contribution in [3.8, 4) is 22.3 Å². The summed E-state index contributed by atoms with van der Waals surface area (Å²) in [5.41, 5.74) is 5.18. The highest BCUT2D eigenvalue weighted by Crippen LogP contribution is 2.32. The van der Waals surface area contributed by atoms with Gasteiger partial charge in [-0.25, -0.2) is 4.98 Å². The summed E-state index contributed by atoms with van der Waals surface area (Å²) in [4.78, 5) is 20.1. The first-order chi connectivity index (χ1) is 14.9. The van der Waals surface area contributed by atoms with Crippen LogP contribution in [-0.2, 0) is 24.5 Å². The van der Waals surface area contributed by atoms with Crippen molar-refractivity contribution in [3.63, 3.8) is 0 Å². The van der Waals surface area contributed by atoms with Crippen molar-refractivity contribution in [2.24, 2.45) is 0 Å². The van der Waals surface area contributed by atoms with Crippen LogP contribution in [0.1, 0.15) is 6.92 Å². The lowest BCUT2D eigenvalue weighted by Gasteiger charge is -2.08. The van der Waals surface area contributed by atoms with Gasteiger partial charge in [-0.15, -0.1) is 0 Å². The Bertz CT molecular complexity index is 1410. The number of anilines is 1. The third-order valence-corrected chi connectivity index (χ3v) is 8.08. The van der Waals surface area contributed by atoms with Crippen LogP contribution in [0, 0.1) is 0 Å². The minimum atomic E-state index is -2.47. The Morgan fingerprint density at radius 1 is 1.16 bits per heavy atom. The van der Waals surface area contributed by atoms with Gasteiger partial charge >= 0.3 is 0 Å². The molecule has 0 radical (unpaired) electrons. The second-order valence-corrected chi connectivity index (χ2v) is 10.9. The molecule has 4 aromatic rings. The second-order valence-electron chi connectivity index (χ2n) is 7.03. The van der Waals surface area contributed by atoms with Gasteiger partial charge in [-0.3, -0.25) is 9.00 Å². The molecule has 0 saturated carbocycles. The maximum absolute atomic E-state index is 12.7. The lowest BCUT2D eigenvalue weighted by atomic mass is 10.0. The van der Waals surface area contributed by atoms with Gasteiger partial charge in [0.25, 0.3) is 0 Å². The average Bonchev–Trinajstić information content (AvgIpc) is 3.22. The number of carbonyl (C=O) groups excluding carboxylic acids is 1. The zero-order valence-corrected chi connectivity index (χ0v) is 18.6. The largest absolute Gasteiger partial charge is 0.346 e. The normalized spacial score (nSPS) is 12.9. The summed E-state index contributed by atoms with van der Waals surface area (Å²) in [6, 6.07) is 17.2. The monoisotopic (exact) mass is 447 g/mol. The molecule has 0 spiro atoms. The number of pyridine rings is 1. The quantitative estimate of drug-likeness (QED) is 0.401. The van der Waals surface area contributed by atoms with Gasteiger partial charge in [0.1, 0.15) is 5.65 Å². The predicted octanol–water partition coefficient (Wildman–Crippen LogP) is 5.15. The Kier molecular flexibility index (Phi) is 5.71. The minimum absolute atomic E-state index is 0.260. The number of aromatic nitrogens is 2. The number of aromatic amines is 1. The van der Waals surface area contributed by atoms with Gasteiger partial charge in [0, 0.05) is 45.2 Å². The maximum Gasteiger partial charge on any atom is 0.247 e. The molecule has 31 heavy (non-hydrogen) atoms. The highest BCUT2D eigenvalue weighted by Gasteiger charge is 2.13. The van der Waals surface area contributed by atoms with Crippen molar-refractivity contribution in [2.75, 3.05) is 11.1 Å². The van der Waals surface area contributed by atoms with Crippen LogP contribution in [0.2, 0.25) is 0 Å². The molecule has 4 rings (SSSR count). The Balaban J connectivity index is 1.78. The fourth-order valence-electron chi connectivity index (χ4n) is 3.39. The maximum atomic E-state index is 12.7. The molecule has 1 unspecified atom stereocenters. The molecule has 0 bridgehead atoms. The Morgan fingerprint density at radius 2 is 1.94 bits per heavy atom. The summed E-state index contributed by atoms with van der Waals surface area (Å²) >= 11 is 5.30. The first-order valence-electron chi connectivity index (χ1n) is 9.75. The SMILES string of the molecule is C=CC(=O)Nc1cccc(-c2cnc3[nH]cc(-c4cccc(S(=O)(=S)CC)c4)c3c2)c1. The fourth-order valence-corrected chi connectivity index (χ4v) is 4.63. The highest BCUT2D eigenvalue weighted by molar-refractivity contribution is 8.32. The molecule has 0 saturated heterocycles. The number of rotatable bonds is 6. The lowest BCUT2D eigenvalue weighted by molar-refractivity contribution is -0.111. The standard InChI is InChI=1S/C24H21N3O2S2/c1-3-23(28)27-19-9-5-7-16(11-19)18-13-21-22(15-26-24(21)25-14-18)17-8-6-10-20(12-17)31(29,30)4-2/h3,5-15H,1,4H2,2H3,(H,25,26)(H,27,28). The van der Waals surface area contributed by atoms with E-state index in [0.717, 1.165) is 33.3 Å². The average molecular weight is 448 g/mol. The van der Waals surface area contributed by atoms with Gasteiger partial charge in [-0.1, -0.05) is 37.8 Å². The summed E-state index contributed by atoms with van der Waals surface area (Å²) in [6.07, 6.45) is 4.93. The first kappa shape index (κ1) is 21.0. The van der Waals surface area contributed by atoms with E-state index in [-0.39, 0.29) is 5.91 Å². The lowest BCUT2D eigenvalue weighted by Crippen LogP contribution is -2.06. The fraction of sp³-hybridized carbons (Fsp3) is 0.0833. The highest BCUT2D eigenvalue weighted by atomic mass is 32.8. The molecule has 5 nitrogen and oxygen atoms in total. The molecular formula is C24H21N3O2S2. The zero-order valence-electron chi connectivity index (χ0n) is 16.9. The van der Waals surface area contributed by atoms with E-state index in [1.807, 2.05) is 61.7 Å². The van der Waals surface area contributed by atoms with Crippen LogP contribution in [0.5, 0.6) is 0 Å². The molecule has 2 N–H and O–H groups in total. The summed E-state index contributed by atoms with van der Waals surface area (Å²) in [5, 5.41) is 3.72. The van der Waals surface area contributed by atoms with Gasteiger partial charge in [0.2, 0.25) is 5.91 Å². The minimum Gasteiger partial charge on any atom is -0.346 e. The molecule has 156 valence electrons. The van der Waals surface area contributed by atoms with Crippen molar-refractivity contribution < 1.29 is 9.00 Å². The third-order valence-electron chi connectivity index (χ3n) is 5.06. The van der Waals surface area contributed by atoms with E-state index >= 15 is 0 Å². The summed E-state index contributed by atoms with van der Waals surface area (Å²) < 4.78 is 12.7. The molecule has 2 heterocycles. The van der Waals surface area contributed by atoms with Gasteiger partial charge < -0.3 is 10.3 Å². The van der Waals surface area contributed by atoms with Crippen molar-refractivity contribution in [3.05, 3.63) is 79.6 Å². The molecule has 7 heteroatoms. The van der Waals surface area contributed by atoms with Crippen LogP contribution < -0.4 is 5.32 Å². The Labute approximate surface area is 185 Å². The molecular weight excluding hydrogens is 426 g/mol. The summed E-state index contributed by atoms with van der Waals surface area (Å²) in [7, 11) is -2.47. The van der Waals surface area contributed by atoms with Crippen LogP contribution in [0.4, 0.5) is 5.69 Å². The van der Waals surface area contributed by atoms with E-state index in [0.29, 0.717) is 16.3 Å².